The van der Waals surface area contributed by atoms with Crippen LogP contribution < -0.4 is 0 Å². The molecule has 12 heavy (non-hydrogen) atoms. The molecule has 1 aliphatic heterocycles. The van der Waals surface area contributed by atoms with Gasteiger partial charge >= 0.3 is 6.09 Å². The van der Waals surface area contributed by atoms with Gasteiger partial charge in [-0.15, -0.1) is 0 Å². The fourth-order valence-electron chi connectivity index (χ4n) is 0.723. The second-order valence-electron chi connectivity index (χ2n) is 2.97. The van der Waals surface area contributed by atoms with Crippen molar-refractivity contribution < 1.29 is 9.63 Å². The van der Waals surface area contributed by atoms with Crippen molar-refractivity contribution in [2.75, 3.05) is 7.05 Å². The third-order valence-electron chi connectivity index (χ3n) is 1.46. The van der Waals surface area contributed by atoms with Crippen LogP contribution in [0.2, 0.25) is 0 Å². The first kappa shape index (κ1) is 8.77. The molecule has 1 amide bonds. The van der Waals surface area contributed by atoms with Crippen molar-refractivity contribution in [3.8, 4) is 0 Å². The van der Waals surface area contributed by atoms with Gasteiger partial charge in [-0.25, -0.2) is 12.5 Å². The average molecular weight is 168 g/mol. The summed E-state index contributed by atoms with van der Waals surface area (Å²) in [6.45, 7) is 4.10. The Morgan fingerprint density at radius 2 is 2.33 bits per heavy atom. The number of rotatable bonds is 2. The molecule has 0 aromatic carbocycles. The number of amides is 1. The molecular formula is C8H12N2O2-2. The Morgan fingerprint density at radius 3 is 2.75 bits per heavy atom. The summed E-state index contributed by atoms with van der Waals surface area (Å²) in [5.74, 6) is 0.991. The van der Waals surface area contributed by atoms with Gasteiger partial charge in [0.2, 0.25) is 0 Å². The van der Waals surface area contributed by atoms with Crippen LogP contribution in [-0.4, -0.2) is 18.0 Å². The van der Waals surface area contributed by atoms with Crippen LogP contribution in [0.1, 0.15) is 13.8 Å². The zero-order valence-electron chi connectivity index (χ0n) is 7.44. The number of carbonyl (C=O) groups is 1. The van der Waals surface area contributed by atoms with Crippen molar-refractivity contribution in [3.05, 3.63) is 23.8 Å². The molecule has 0 atom stereocenters. The minimum atomic E-state index is -0.432. The van der Waals surface area contributed by atoms with Crippen LogP contribution in [0.5, 0.6) is 0 Å². The van der Waals surface area contributed by atoms with Crippen LogP contribution in [0.4, 0.5) is 4.79 Å². The molecule has 1 saturated heterocycles. The number of hydroxylamine groups is 1. The van der Waals surface area contributed by atoms with Crippen LogP contribution in [0.15, 0.2) is 11.9 Å². The normalized spacial score (nSPS) is 19.8. The van der Waals surface area contributed by atoms with Crippen LogP contribution >= 0.6 is 0 Å². The van der Waals surface area contributed by atoms with Gasteiger partial charge in [0.15, 0.2) is 0 Å². The summed E-state index contributed by atoms with van der Waals surface area (Å²) < 4.78 is 0. The summed E-state index contributed by atoms with van der Waals surface area (Å²) in [7, 11) is 1.62. The Bertz CT molecular complexity index is 211. The van der Waals surface area contributed by atoms with Crippen molar-refractivity contribution in [2.45, 2.75) is 13.8 Å². The quantitative estimate of drug-likeness (QED) is 0.592. The van der Waals surface area contributed by atoms with E-state index in [0.29, 0.717) is 11.7 Å². The van der Waals surface area contributed by atoms with E-state index >= 15 is 0 Å². The minimum absolute atomic E-state index is 0.432. The van der Waals surface area contributed by atoms with Gasteiger partial charge in [0.05, 0.1) is 0 Å². The fraction of sp³-hybridized carbons (Fsp3) is 0.500. The summed E-state index contributed by atoms with van der Waals surface area (Å²) in [5.41, 5.74) is 3.58. The summed E-state index contributed by atoms with van der Waals surface area (Å²) in [6.07, 6.45) is 3.30. The van der Waals surface area contributed by atoms with Gasteiger partial charge in [-0.3, -0.25) is 4.79 Å². The monoisotopic (exact) mass is 168 g/mol. The zero-order chi connectivity index (χ0) is 9.14. The zero-order valence-corrected chi connectivity index (χ0v) is 7.44. The second-order valence-corrected chi connectivity index (χ2v) is 2.97. The standard InChI is InChI=1S/C8H12N2O2/c1-6(2)4-5-7-9-12-8(11)10(7)3/h4-6H,1-3H3/q-2. The van der Waals surface area contributed by atoms with E-state index in [1.807, 2.05) is 6.42 Å². The molecule has 4 nitrogen and oxygen atoms in total. The van der Waals surface area contributed by atoms with Crippen molar-refractivity contribution in [2.24, 2.45) is 5.92 Å². The van der Waals surface area contributed by atoms with Crippen LogP contribution in [-0.2, 0) is 4.84 Å². The molecule has 0 radical (unpaired) electrons. The predicted octanol–water partition coefficient (Wildman–Crippen LogP) is 2.06. The lowest BCUT2D eigenvalue weighted by molar-refractivity contribution is 0.176. The van der Waals surface area contributed by atoms with E-state index in [0.717, 1.165) is 0 Å². The molecule has 68 valence electrons. The first-order valence-corrected chi connectivity index (χ1v) is 3.82. The van der Waals surface area contributed by atoms with Gasteiger partial charge in [0.1, 0.15) is 0 Å². The summed E-state index contributed by atoms with van der Waals surface area (Å²) >= 11 is 0. The Morgan fingerprint density at radius 1 is 1.67 bits per heavy atom. The molecule has 0 saturated carbocycles. The van der Waals surface area contributed by atoms with Crippen LogP contribution in [0.25, 0.3) is 5.48 Å². The lowest BCUT2D eigenvalue weighted by Crippen LogP contribution is -2.16. The van der Waals surface area contributed by atoms with Crippen LogP contribution in [0, 0.1) is 12.3 Å². The molecular weight excluding hydrogens is 156 g/mol. The van der Waals surface area contributed by atoms with E-state index in [4.69, 9.17) is 0 Å². The smallest absolute Gasteiger partial charge is 0.320 e. The van der Waals surface area contributed by atoms with E-state index < -0.39 is 6.09 Å². The number of hydrogen-bond acceptors (Lipinski definition) is 2. The summed E-state index contributed by atoms with van der Waals surface area (Å²) in [4.78, 5) is 16.6. The summed E-state index contributed by atoms with van der Waals surface area (Å²) in [6, 6.07) is 0. The number of nitrogens with zero attached hydrogens (tertiary/aromatic N) is 2. The maximum absolute atomic E-state index is 10.8. The Kier molecular flexibility index (Phi) is 2.47. The van der Waals surface area contributed by atoms with Crippen molar-refractivity contribution in [1.29, 1.82) is 0 Å². The molecule has 0 aliphatic carbocycles. The van der Waals surface area contributed by atoms with E-state index in [2.05, 4.69) is 24.2 Å². The Hall–Kier alpha value is -1.32. The third-order valence-corrected chi connectivity index (χ3v) is 1.46. The molecule has 1 heterocycles. The van der Waals surface area contributed by atoms with E-state index in [-0.39, 0.29) is 0 Å². The van der Waals surface area contributed by atoms with Gasteiger partial charge in [0, 0.05) is 0 Å². The van der Waals surface area contributed by atoms with Gasteiger partial charge in [-0.1, -0.05) is 26.8 Å². The maximum atomic E-state index is 10.8. The molecule has 0 aromatic rings. The largest absolute Gasteiger partial charge is 0.459 e. The fourth-order valence-corrected chi connectivity index (χ4v) is 0.723. The van der Waals surface area contributed by atoms with Crippen molar-refractivity contribution >= 4 is 6.09 Å². The Labute approximate surface area is 72.1 Å². The number of hydrogen-bond donors (Lipinski definition) is 0. The molecule has 0 aromatic heterocycles. The van der Waals surface area contributed by atoms with E-state index in [9.17, 15) is 4.79 Å². The molecule has 0 N–H and O–H groups in total. The van der Waals surface area contributed by atoms with Crippen molar-refractivity contribution in [3.63, 3.8) is 0 Å². The lowest BCUT2D eigenvalue weighted by Gasteiger charge is -2.25. The van der Waals surface area contributed by atoms with Gasteiger partial charge < -0.3 is 15.2 Å². The predicted molar refractivity (Wildman–Crippen MR) is 44.8 cm³/mol. The molecule has 1 fully saturated rings. The number of carbonyl (C=O) groups excluding carboxylic acids is 1. The van der Waals surface area contributed by atoms with Gasteiger partial charge in [0.25, 0.3) is 0 Å². The van der Waals surface area contributed by atoms with Gasteiger partial charge in [-0.05, 0) is 0 Å². The highest BCUT2D eigenvalue weighted by molar-refractivity contribution is 5.74. The second kappa shape index (κ2) is 3.38. The minimum Gasteiger partial charge on any atom is -0.459 e. The molecule has 4 heteroatoms. The average Bonchev–Trinajstić information content (AvgIpc) is 2.30. The molecule has 0 unspecified atom stereocenters. The van der Waals surface area contributed by atoms with Gasteiger partial charge in [-0.2, -0.15) is 5.82 Å². The lowest BCUT2D eigenvalue weighted by atomic mass is 10.1. The van der Waals surface area contributed by atoms with Crippen molar-refractivity contribution in [1.82, 2.24) is 4.90 Å². The highest BCUT2D eigenvalue weighted by atomic mass is 16.7. The van der Waals surface area contributed by atoms with E-state index in [1.165, 1.54) is 4.90 Å². The first-order valence-electron chi connectivity index (χ1n) is 3.82. The first-order chi connectivity index (χ1) is 5.61. The highest BCUT2D eigenvalue weighted by Crippen LogP contribution is 2.21. The molecule has 1 aliphatic rings. The van der Waals surface area contributed by atoms with E-state index in [1.54, 1.807) is 13.1 Å². The topological polar surface area (TPSA) is 43.6 Å². The maximum Gasteiger partial charge on any atom is 0.320 e. The SMILES string of the molecule is CC(C)[CH-]C=C1[N-]OC(=O)N1C. The highest BCUT2D eigenvalue weighted by Gasteiger charge is 2.05. The van der Waals surface area contributed by atoms with Crippen LogP contribution in [0.3, 0.4) is 0 Å². The number of allylic oxidation sites excluding steroid dienone is 1. The molecule has 0 spiro atoms. The molecule has 0 bridgehead atoms. The Balaban J connectivity index is 2.53. The molecule has 1 rings (SSSR count). The third kappa shape index (κ3) is 1.84. The summed E-state index contributed by atoms with van der Waals surface area (Å²) in [5, 5.41) is 0.